The van der Waals surface area contributed by atoms with Crippen LogP contribution >= 0.6 is 11.3 Å². The highest BCUT2D eigenvalue weighted by Gasteiger charge is 2.20. The molecule has 20 heavy (non-hydrogen) atoms. The Hall–Kier alpha value is -1.12. The first kappa shape index (κ1) is 13.8. The highest BCUT2D eigenvalue weighted by molar-refractivity contribution is 7.15. The van der Waals surface area contributed by atoms with E-state index in [4.69, 9.17) is 0 Å². The van der Waals surface area contributed by atoms with E-state index in [1.54, 1.807) is 0 Å². The molecule has 2 aromatic rings. The van der Waals surface area contributed by atoms with Crippen LogP contribution in [0.25, 0.3) is 10.4 Å². The van der Waals surface area contributed by atoms with Gasteiger partial charge in [-0.25, -0.2) is 0 Å². The number of hydrogen-bond acceptors (Lipinski definition) is 2. The van der Waals surface area contributed by atoms with E-state index in [0.29, 0.717) is 6.04 Å². The Balaban J connectivity index is 1.57. The molecule has 1 nitrogen and oxygen atoms in total. The summed E-state index contributed by atoms with van der Waals surface area (Å²) in [5.74, 6) is 0.892. The van der Waals surface area contributed by atoms with Crippen molar-refractivity contribution >= 4 is 11.3 Å². The molecule has 1 saturated carbocycles. The summed E-state index contributed by atoms with van der Waals surface area (Å²) >= 11 is 1.91. The minimum Gasteiger partial charge on any atom is -0.309 e. The van der Waals surface area contributed by atoms with Crippen molar-refractivity contribution < 1.29 is 0 Å². The molecule has 0 saturated heterocycles. The van der Waals surface area contributed by atoms with Crippen molar-refractivity contribution in [2.75, 3.05) is 0 Å². The molecule has 0 spiro atoms. The second-order valence-electron chi connectivity index (χ2n) is 5.85. The highest BCUT2D eigenvalue weighted by Crippen LogP contribution is 2.29. The normalized spacial score (nSPS) is 17.4. The van der Waals surface area contributed by atoms with Crippen LogP contribution in [0.2, 0.25) is 0 Å². The van der Waals surface area contributed by atoms with Crippen LogP contribution in [-0.2, 0) is 6.54 Å². The van der Waals surface area contributed by atoms with Crippen molar-refractivity contribution in [1.29, 1.82) is 0 Å². The van der Waals surface area contributed by atoms with Crippen LogP contribution < -0.4 is 5.32 Å². The van der Waals surface area contributed by atoms with Gasteiger partial charge in [0.2, 0.25) is 0 Å². The van der Waals surface area contributed by atoms with E-state index in [9.17, 15) is 0 Å². The van der Waals surface area contributed by atoms with Crippen molar-refractivity contribution in [1.82, 2.24) is 5.32 Å². The average Bonchev–Trinajstić information content (AvgIpc) is 3.17. The van der Waals surface area contributed by atoms with E-state index in [2.05, 4.69) is 54.7 Å². The summed E-state index contributed by atoms with van der Waals surface area (Å²) in [5, 5.41) is 3.72. The minimum atomic E-state index is 0.653. The average molecular weight is 285 g/mol. The van der Waals surface area contributed by atoms with Gasteiger partial charge in [-0.1, -0.05) is 43.2 Å². The van der Waals surface area contributed by atoms with Gasteiger partial charge in [-0.15, -0.1) is 11.3 Å². The summed E-state index contributed by atoms with van der Waals surface area (Å²) in [5.41, 5.74) is 1.33. The zero-order chi connectivity index (χ0) is 13.8. The SMILES string of the molecule is CC(NCc1ccc(-c2ccccc2)s1)C1CCCC1. The molecule has 1 unspecified atom stereocenters. The van der Waals surface area contributed by atoms with E-state index < -0.39 is 0 Å². The topological polar surface area (TPSA) is 12.0 Å². The Morgan fingerprint density at radius 2 is 1.85 bits per heavy atom. The Labute approximate surface area is 126 Å². The van der Waals surface area contributed by atoms with E-state index in [1.807, 2.05) is 11.3 Å². The third-order valence-electron chi connectivity index (χ3n) is 4.43. The third kappa shape index (κ3) is 3.31. The maximum Gasteiger partial charge on any atom is 0.0346 e. The molecule has 0 aliphatic heterocycles. The van der Waals surface area contributed by atoms with Gasteiger partial charge in [0, 0.05) is 22.3 Å². The van der Waals surface area contributed by atoms with Crippen LogP contribution in [-0.4, -0.2) is 6.04 Å². The number of nitrogens with one attached hydrogen (secondary N) is 1. The summed E-state index contributed by atoms with van der Waals surface area (Å²) in [7, 11) is 0. The van der Waals surface area contributed by atoms with Gasteiger partial charge in [0.1, 0.15) is 0 Å². The smallest absolute Gasteiger partial charge is 0.0346 e. The predicted octanol–water partition coefficient (Wildman–Crippen LogP) is 5.08. The van der Waals surface area contributed by atoms with Crippen LogP contribution in [0.15, 0.2) is 42.5 Å². The van der Waals surface area contributed by atoms with E-state index in [1.165, 1.54) is 41.0 Å². The lowest BCUT2D eigenvalue weighted by Crippen LogP contribution is -2.31. The van der Waals surface area contributed by atoms with Gasteiger partial charge in [0.25, 0.3) is 0 Å². The summed E-state index contributed by atoms with van der Waals surface area (Å²) in [6, 6.07) is 15.8. The molecule has 1 heterocycles. The van der Waals surface area contributed by atoms with Gasteiger partial charge in [0.15, 0.2) is 0 Å². The maximum absolute atomic E-state index is 3.72. The highest BCUT2D eigenvalue weighted by atomic mass is 32.1. The van der Waals surface area contributed by atoms with Crippen LogP contribution in [0.1, 0.15) is 37.5 Å². The molecule has 1 fully saturated rings. The van der Waals surface area contributed by atoms with E-state index >= 15 is 0 Å². The Morgan fingerprint density at radius 3 is 2.60 bits per heavy atom. The Morgan fingerprint density at radius 1 is 1.10 bits per heavy atom. The fraction of sp³-hybridized carbons (Fsp3) is 0.444. The molecule has 1 aliphatic rings. The first-order chi connectivity index (χ1) is 9.83. The monoisotopic (exact) mass is 285 g/mol. The van der Waals surface area contributed by atoms with Crippen molar-refractivity contribution in [3.63, 3.8) is 0 Å². The summed E-state index contributed by atoms with van der Waals surface area (Å²) < 4.78 is 0. The summed E-state index contributed by atoms with van der Waals surface area (Å²) in [6.07, 6.45) is 5.67. The second-order valence-corrected chi connectivity index (χ2v) is 7.01. The number of hydrogen-bond donors (Lipinski definition) is 1. The van der Waals surface area contributed by atoms with Crippen LogP contribution in [0, 0.1) is 5.92 Å². The molecule has 0 amide bonds. The first-order valence-electron chi connectivity index (χ1n) is 7.70. The second kappa shape index (κ2) is 6.55. The van der Waals surface area contributed by atoms with Gasteiger partial charge in [-0.05, 0) is 43.4 Å². The summed E-state index contributed by atoms with van der Waals surface area (Å²) in [6.45, 7) is 3.36. The van der Waals surface area contributed by atoms with E-state index in [0.717, 1.165) is 12.5 Å². The molecule has 0 radical (unpaired) electrons. The van der Waals surface area contributed by atoms with Gasteiger partial charge in [-0.3, -0.25) is 0 Å². The zero-order valence-electron chi connectivity index (χ0n) is 12.1. The lowest BCUT2D eigenvalue weighted by atomic mass is 10.00. The van der Waals surface area contributed by atoms with Crippen molar-refractivity contribution in [2.45, 2.75) is 45.2 Å². The van der Waals surface area contributed by atoms with Gasteiger partial charge < -0.3 is 5.32 Å². The molecule has 2 heteroatoms. The number of benzene rings is 1. The van der Waals surface area contributed by atoms with Crippen molar-refractivity contribution in [2.24, 2.45) is 5.92 Å². The molecular weight excluding hydrogens is 262 g/mol. The lowest BCUT2D eigenvalue weighted by Gasteiger charge is -2.19. The van der Waals surface area contributed by atoms with Crippen molar-refractivity contribution in [3.05, 3.63) is 47.3 Å². The molecule has 0 bridgehead atoms. The summed E-state index contributed by atoms with van der Waals surface area (Å²) in [4.78, 5) is 2.81. The number of rotatable bonds is 5. The van der Waals surface area contributed by atoms with Crippen LogP contribution in [0.3, 0.4) is 0 Å². The van der Waals surface area contributed by atoms with E-state index in [-0.39, 0.29) is 0 Å². The van der Waals surface area contributed by atoms with Gasteiger partial charge in [0.05, 0.1) is 0 Å². The molecule has 1 aromatic carbocycles. The molecule has 1 N–H and O–H groups in total. The standard InChI is InChI=1S/C18H23NS/c1-14(15-7-5-6-8-15)19-13-17-11-12-18(20-17)16-9-3-2-4-10-16/h2-4,9-12,14-15,19H,5-8,13H2,1H3. The van der Waals surface area contributed by atoms with Gasteiger partial charge >= 0.3 is 0 Å². The first-order valence-corrected chi connectivity index (χ1v) is 8.52. The Kier molecular flexibility index (Phi) is 4.54. The molecular formula is C18H23NS. The molecule has 106 valence electrons. The lowest BCUT2D eigenvalue weighted by molar-refractivity contribution is 0.381. The fourth-order valence-electron chi connectivity index (χ4n) is 3.12. The molecule has 1 atom stereocenters. The molecule has 1 aliphatic carbocycles. The van der Waals surface area contributed by atoms with Crippen molar-refractivity contribution in [3.8, 4) is 10.4 Å². The van der Waals surface area contributed by atoms with Crippen LogP contribution in [0.4, 0.5) is 0 Å². The Bertz CT molecular complexity index is 525. The third-order valence-corrected chi connectivity index (χ3v) is 5.56. The zero-order valence-corrected chi connectivity index (χ0v) is 13.0. The molecule has 1 aromatic heterocycles. The number of thiophene rings is 1. The van der Waals surface area contributed by atoms with Crippen LogP contribution in [0.5, 0.6) is 0 Å². The van der Waals surface area contributed by atoms with Gasteiger partial charge in [-0.2, -0.15) is 0 Å². The maximum atomic E-state index is 3.72. The molecule has 3 rings (SSSR count). The fourth-order valence-corrected chi connectivity index (χ4v) is 4.08. The minimum absolute atomic E-state index is 0.653. The largest absolute Gasteiger partial charge is 0.309 e. The predicted molar refractivity (Wildman–Crippen MR) is 88.0 cm³/mol. The quantitative estimate of drug-likeness (QED) is 0.807.